The van der Waals surface area contributed by atoms with Gasteiger partial charge in [0.05, 0.1) is 5.69 Å². The monoisotopic (exact) mass is 472 g/mol. The van der Waals surface area contributed by atoms with Gasteiger partial charge in [-0.1, -0.05) is 6.07 Å². The number of anilines is 1. The van der Waals surface area contributed by atoms with E-state index in [0.717, 1.165) is 88.1 Å². The Labute approximate surface area is 203 Å². The largest absolute Gasteiger partial charge is 0.454 e. The predicted molar refractivity (Wildman–Crippen MR) is 132 cm³/mol. The fraction of sp³-hybridized carbons (Fsp3) is 0.731. The van der Waals surface area contributed by atoms with Gasteiger partial charge in [-0.05, 0) is 76.6 Å². The summed E-state index contributed by atoms with van der Waals surface area (Å²) >= 11 is 0. The Morgan fingerprint density at radius 1 is 1.00 bits per heavy atom. The number of hydrogen-bond acceptors (Lipinski definition) is 7. The van der Waals surface area contributed by atoms with Gasteiger partial charge in [-0.3, -0.25) is 4.90 Å². The van der Waals surface area contributed by atoms with Crippen molar-refractivity contribution in [3.63, 3.8) is 0 Å². The van der Waals surface area contributed by atoms with E-state index in [4.69, 9.17) is 14.2 Å². The van der Waals surface area contributed by atoms with Crippen LogP contribution in [0, 0.1) is 5.92 Å². The predicted octanol–water partition coefficient (Wildman–Crippen LogP) is 3.31. The van der Waals surface area contributed by atoms with E-state index in [1.807, 2.05) is 6.07 Å². The number of para-hydroxylation sites is 1. The molecule has 0 spiro atoms. The Bertz CT molecular complexity index is 813. The molecule has 0 unspecified atom stereocenters. The molecule has 8 heteroatoms. The average Bonchev–Trinajstić information content (AvgIpc) is 3.35. The number of alkyl carbamates (subject to hydrolysis) is 1. The topological polar surface area (TPSA) is 66.5 Å². The minimum atomic E-state index is -0.211. The highest BCUT2D eigenvalue weighted by Crippen LogP contribution is 2.41. The molecule has 1 amide bonds. The molecule has 5 rings (SSSR count). The smallest absolute Gasteiger partial charge is 0.407 e. The van der Waals surface area contributed by atoms with Crippen LogP contribution >= 0.6 is 0 Å². The van der Waals surface area contributed by atoms with E-state index < -0.39 is 0 Å². The van der Waals surface area contributed by atoms with Crippen molar-refractivity contribution in [2.45, 2.75) is 57.1 Å². The lowest BCUT2D eigenvalue weighted by Gasteiger charge is -2.37. The third kappa shape index (κ3) is 5.89. The number of carbonyl (C=O) groups excluding carboxylic acids is 1. The number of ether oxygens (including phenoxy) is 3. The van der Waals surface area contributed by atoms with Gasteiger partial charge >= 0.3 is 6.09 Å². The van der Waals surface area contributed by atoms with Crippen molar-refractivity contribution >= 4 is 11.8 Å². The summed E-state index contributed by atoms with van der Waals surface area (Å²) in [6.45, 7) is 7.73. The highest BCUT2D eigenvalue weighted by Gasteiger charge is 2.27. The highest BCUT2D eigenvalue weighted by molar-refractivity contribution is 5.68. The molecule has 8 nitrogen and oxygen atoms in total. The van der Waals surface area contributed by atoms with Crippen LogP contribution in [0.3, 0.4) is 0 Å². The number of piperazine rings is 1. The number of piperidine rings is 1. The first-order chi connectivity index (χ1) is 16.6. The maximum Gasteiger partial charge on any atom is 0.407 e. The first-order valence-corrected chi connectivity index (χ1v) is 13.2. The minimum Gasteiger partial charge on any atom is -0.454 e. The quantitative estimate of drug-likeness (QED) is 0.681. The van der Waals surface area contributed by atoms with Crippen LogP contribution in [0.2, 0.25) is 0 Å². The van der Waals surface area contributed by atoms with Crippen molar-refractivity contribution in [2.24, 2.45) is 5.92 Å². The molecule has 0 bridgehead atoms. The second-order valence-electron chi connectivity index (χ2n) is 10.4. The second-order valence-corrected chi connectivity index (χ2v) is 10.4. The van der Waals surface area contributed by atoms with E-state index in [9.17, 15) is 4.79 Å². The van der Waals surface area contributed by atoms with Crippen LogP contribution in [-0.4, -0.2) is 87.7 Å². The normalized spacial score (nSPS) is 26.4. The molecule has 4 aliphatic rings. The van der Waals surface area contributed by atoms with E-state index >= 15 is 0 Å². The lowest BCUT2D eigenvalue weighted by Crippen LogP contribution is -2.47. The highest BCUT2D eigenvalue weighted by atomic mass is 16.7. The summed E-state index contributed by atoms with van der Waals surface area (Å²) in [4.78, 5) is 19.6. The van der Waals surface area contributed by atoms with Gasteiger partial charge in [-0.25, -0.2) is 4.79 Å². The van der Waals surface area contributed by atoms with Crippen molar-refractivity contribution in [2.75, 3.05) is 64.6 Å². The third-order valence-corrected chi connectivity index (χ3v) is 8.05. The third-order valence-electron chi connectivity index (χ3n) is 8.05. The summed E-state index contributed by atoms with van der Waals surface area (Å²) in [6, 6.07) is 6.44. The van der Waals surface area contributed by atoms with Crippen molar-refractivity contribution in [3.8, 4) is 11.5 Å². The first-order valence-electron chi connectivity index (χ1n) is 13.2. The van der Waals surface area contributed by atoms with E-state index in [1.165, 1.54) is 25.8 Å². The molecule has 1 aromatic rings. The molecular formula is C26H40N4O4. The maximum absolute atomic E-state index is 12.3. The van der Waals surface area contributed by atoms with E-state index in [2.05, 4.69) is 39.2 Å². The summed E-state index contributed by atoms with van der Waals surface area (Å²) in [5, 5.41) is 3.13. The summed E-state index contributed by atoms with van der Waals surface area (Å²) in [7, 11) is 2.12. The van der Waals surface area contributed by atoms with Gasteiger partial charge in [0, 0.05) is 45.3 Å². The lowest BCUT2D eigenvalue weighted by atomic mass is 9.84. The summed E-state index contributed by atoms with van der Waals surface area (Å²) < 4.78 is 16.9. The molecular weight excluding hydrogens is 432 g/mol. The Morgan fingerprint density at radius 2 is 1.76 bits per heavy atom. The van der Waals surface area contributed by atoms with E-state index in [0.29, 0.717) is 6.79 Å². The zero-order valence-electron chi connectivity index (χ0n) is 20.5. The maximum atomic E-state index is 12.3. The van der Waals surface area contributed by atoms with Gasteiger partial charge in [0.2, 0.25) is 6.79 Å². The van der Waals surface area contributed by atoms with Crippen molar-refractivity contribution in [1.29, 1.82) is 0 Å². The summed E-state index contributed by atoms with van der Waals surface area (Å²) in [5.41, 5.74) is 1.16. The van der Waals surface area contributed by atoms with E-state index in [-0.39, 0.29) is 18.2 Å². The molecule has 34 heavy (non-hydrogen) atoms. The van der Waals surface area contributed by atoms with Crippen LogP contribution in [0.25, 0.3) is 0 Å². The SMILES string of the molecule is CN1CCC(OC(=O)NC2CCC(CCN3CCN(c4cccc5c4OCO5)CC3)CC2)CC1. The van der Waals surface area contributed by atoms with Crippen molar-refractivity contribution in [3.05, 3.63) is 18.2 Å². The molecule has 1 aromatic carbocycles. The zero-order chi connectivity index (χ0) is 23.3. The van der Waals surface area contributed by atoms with Crippen LogP contribution in [0.4, 0.5) is 10.5 Å². The Morgan fingerprint density at radius 3 is 2.53 bits per heavy atom. The molecule has 1 N–H and O–H groups in total. The summed E-state index contributed by atoms with van der Waals surface area (Å²) in [5.74, 6) is 2.53. The van der Waals surface area contributed by atoms with Crippen LogP contribution in [-0.2, 0) is 4.74 Å². The fourth-order valence-electron chi connectivity index (χ4n) is 5.79. The van der Waals surface area contributed by atoms with Crippen LogP contribution in [0.15, 0.2) is 18.2 Å². The molecule has 0 radical (unpaired) electrons. The zero-order valence-corrected chi connectivity index (χ0v) is 20.5. The number of amides is 1. The molecule has 0 aromatic heterocycles. The van der Waals surface area contributed by atoms with Crippen LogP contribution in [0.1, 0.15) is 44.9 Å². The fourth-order valence-corrected chi connectivity index (χ4v) is 5.79. The Kier molecular flexibility index (Phi) is 7.64. The molecule has 1 saturated carbocycles. The number of rotatable bonds is 6. The summed E-state index contributed by atoms with van der Waals surface area (Å²) in [6.07, 6.45) is 7.56. The van der Waals surface area contributed by atoms with Crippen molar-refractivity contribution in [1.82, 2.24) is 15.1 Å². The first kappa shape index (κ1) is 23.5. The lowest BCUT2D eigenvalue weighted by molar-refractivity contribution is 0.0536. The van der Waals surface area contributed by atoms with Gasteiger partial charge in [0.15, 0.2) is 11.5 Å². The number of nitrogens with one attached hydrogen (secondary N) is 1. The average molecular weight is 473 g/mol. The second kappa shape index (κ2) is 11.0. The number of likely N-dealkylation sites (tertiary alicyclic amines) is 1. The molecule has 3 fully saturated rings. The van der Waals surface area contributed by atoms with Gasteiger partial charge in [-0.2, -0.15) is 0 Å². The molecule has 2 saturated heterocycles. The van der Waals surface area contributed by atoms with Crippen molar-refractivity contribution < 1.29 is 19.0 Å². The number of carbonyl (C=O) groups is 1. The number of nitrogens with zero attached hydrogens (tertiary/aromatic N) is 3. The number of benzene rings is 1. The van der Waals surface area contributed by atoms with Gasteiger partial charge in [-0.15, -0.1) is 0 Å². The molecule has 1 aliphatic carbocycles. The number of hydrogen-bond donors (Lipinski definition) is 1. The standard InChI is InChI=1S/C26H40N4O4/c1-28-12-10-22(11-13-28)34-26(31)27-21-7-5-20(6-8-21)9-14-29-15-17-30(18-16-29)23-3-2-4-24-25(23)33-19-32-24/h2-4,20-22H,5-19H2,1H3,(H,27,31). The van der Waals surface area contributed by atoms with Gasteiger partial charge < -0.3 is 29.3 Å². The van der Waals surface area contributed by atoms with E-state index in [1.54, 1.807) is 0 Å². The molecule has 0 atom stereocenters. The Hall–Kier alpha value is -2.19. The molecule has 3 aliphatic heterocycles. The Balaban J connectivity index is 0.972. The minimum absolute atomic E-state index is 0.0803. The van der Waals surface area contributed by atoms with Gasteiger partial charge in [0.25, 0.3) is 0 Å². The number of fused-ring (bicyclic) bond motifs is 1. The van der Waals surface area contributed by atoms with Crippen LogP contribution < -0.4 is 19.7 Å². The van der Waals surface area contributed by atoms with Crippen LogP contribution in [0.5, 0.6) is 11.5 Å². The molecule has 188 valence electrons. The van der Waals surface area contributed by atoms with Gasteiger partial charge in [0.1, 0.15) is 6.10 Å². The molecule has 3 heterocycles.